The van der Waals surface area contributed by atoms with Crippen molar-refractivity contribution in [3.8, 4) is 11.5 Å². The smallest absolute Gasteiger partial charge is 0.507 e. The Morgan fingerprint density at radius 3 is 2.24 bits per heavy atom. The van der Waals surface area contributed by atoms with E-state index in [1.807, 2.05) is 0 Å². The van der Waals surface area contributed by atoms with E-state index in [-0.39, 0.29) is 32.6 Å². The third-order valence-corrected chi connectivity index (χ3v) is 6.17. The number of Topliss-reactive ketones (excluding diaryl/α,β-unsaturated/α-hetero) is 1. The van der Waals surface area contributed by atoms with Crippen LogP contribution in [0.2, 0.25) is 10.0 Å². The van der Waals surface area contributed by atoms with E-state index in [0.29, 0.717) is 5.56 Å². The molecule has 0 radical (unpaired) electrons. The summed E-state index contributed by atoms with van der Waals surface area (Å²) in [5.74, 6) is -3.10. The lowest BCUT2D eigenvalue weighted by molar-refractivity contribution is -0.274. The first-order valence-corrected chi connectivity index (χ1v) is 11.4. The molecule has 1 unspecified atom stereocenters. The molecule has 1 N–H and O–H groups in total. The molecule has 1 heterocycles. The standard InChI is InChI=1S/C26H18Cl2F3NO5/c1-13-5-3-6-14(9-13)21-20(22(33)15-10-18(27)24(36-2)19(28)11-15)23(34)25(35)32(21)16-7-4-8-17(12-16)37-26(29,30)31/h3-12,21,33H,1-2H3/b22-20+. The van der Waals surface area contributed by atoms with Crippen molar-refractivity contribution in [2.45, 2.75) is 19.3 Å². The van der Waals surface area contributed by atoms with Gasteiger partial charge in [0.15, 0.2) is 5.75 Å². The molecule has 6 nitrogen and oxygen atoms in total. The molecule has 1 amide bonds. The molecule has 1 fully saturated rings. The van der Waals surface area contributed by atoms with Crippen molar-refractivity contribution in [1.82, 2.24) is 0 Å². The van der Waals surface area contributed by atoms with Crippen LogP contribution in [0.4, 0.5) is 18.9 Å². The van der Waals surface area contributed by atoms with Gasteiger partial charge in [0.2, 0.25) is 0 Å². The van der Waals surface area contributed by atoms with Gasteiger partial charge < -0.3 is 14.6 Å². The minimum absolute atomic E-state index is 0.0415. The van der Waals surface area contributed by atoms with Gasteiger partial charge in [-0.15, -0.1) is 13.2 Å². The van der Waals surface area contributed by atoms with E-state index in [0.717, 1.165) is 22.6 Å². The number of aryl methyl sites for hydroxylation is 1. The van der Waals surface area contributed by atoms with E-state index in [2.05, 4.69) is 4.74 Å². The second kappa shape index (κ2) is 9.99. The van der Waals surface area contributed by atoms with E-state index in [9.17, 15) is 27.9 Å². The van der Waals surface area contributed by atoms with Crippen LogP contribution in [0, 0.1) is 6.92 Å². The molecule has 0 aromatic heterocycles. The monoisotopic (exact) mass is 551 g/mol. The fraction of sp³-hybridized carbons (Fsp3) is 0.154. The molecule has 4 rings (SSSR count). The van der Waals surface area contributed by atoms with Gasteiger partial charge in [0, 0.05) is 17.3 Å². The minimum atomic E-state index is -4.96. The molecule has 1 atom stereocenters. The molecular weight excluding hydrogens is 534 g/mol. The van der Waals surface area contributed by atoms with Crippen molar-refractivity contribution < 1.29 is 37.3 Å². The Morgan fingerprint density at radius 2 is 1.65 bits per heavy atom. The van der Waals surface area contributed by atoms with Gasteiger partial charge in [-0.3, -0.25) is 14.5 Å². The van der Waals surface area contributed by atoms with Crippen LogP contribution in [0.1, 0.15) is 22.7 Å². The van der Waals surface area contributed by atoms with E-state index < -0.39 is 35.6 Å². The number of ketones is 1. The zero-order chi connectivity index (χ0) is 27.1. The summed E-state index contributed by atoms with van der Waals surface area (Å²) >= 11 is 12.4. The van der Waals surface area contributed by atoms with Crippen LogP contribution in [0.3, 0.4) is 0 Å². The summed E-state index contributed by atoms with van der Waals surface area (Å²) in [4.78, 5) is 27.5. The number of carbonyl (C=O) groups excluding carboxylic acids is 2. The summed E-state index contributed by atoms with van der Waals surface area (Å²) in [6.45, 7) is 1.79. The molecule has 0 aliphatic carbocycles. The van der Waals surface area contributed by atoms with Crippen molar-refractivity contribution in [3.05, 3.63) is 93.0 Å². The highest BCUT2D eigenvalue weighted by atomic mass is 35.5. The molecule has 37 heavy (non-hydrogen) atoms. The fourth-order valence-corrected chi connectivity index (χ4v) is 4.77. The number of anilines is 1. The average Bonchev–Trinajstić information content (AvgIpc) is 3.08. The number of hydrogen-bond acceptors (Lipinski definition) is 5. The maximum Gasteiger partial charge on any atom is 0.573 e. The summed E-state index contributed by atoms with van der Waals surface area (Å²) in [7, 11) is 1.35. The molecule has 1 aliphatic heterocycles. The second-order valence-corrected chi connectivity index (χ2v) is 8.92. The van der Waals surface area contributed by atoms with E-state index in [1.54, 1.807) is 31.2 Å². The number of amides is 1. The number of alkyl halides is 3. The molecule has 192 valence electrons. The van der Waals surface area contributed by atoms with Gasteiger partial charge in [-0.1, -0.05) is 59.1 Å². The molecule has 0 bridgehead atoms. The summed E-state index contributed by atoms with van der Waals surface area (Å²) in [5.41, 5.74) is 0.928. The lowest BCUT2D eigenvalue weighted by atomic mass is 9.94. The van der Waals surface area contributed by atoms with Crippen LogP contribution in [0.15, 0.2) is 66.2 Å². The number of halogens is 5. The fourth-order valence-electron chi connectivity index (χ4n) is 4.13. The Labute approximate surface area is 219 Å². The zero-order valence-corrected chi connectivity index (χ0v) is 20.8. The number of ether oxygens (including phenoxy) is 2. The molecular formula is C26H18Cl2F3NO5. The van der Waals surface area contributed by atoms with Crippen molar-refractivity contribution in [2.24, 2.45) is 0 Å². The Kier molecular flexibility index (Phi) is 7.12. The maximum atomic E-state index is 13.3. The Bertz CT molecular complexity index is 1410. The minimum Gasteiger partial charge on any atom is -0.507 e. The summed E-state index contributed by atoms with van der Waals surface area (Å²) in [6, 6.07) is 12.9. The third kappa shape index (κ3) is 5.23. The van der Waals surface area contributed by atoms with Crippen LogP contribution < -0.4 is 14.4 Å². The van der Waals surface area contributed by atoms with Crippen LogP contribution >= 0.6 is 23.2 Å². The van der Waals surface area contributed by atoms with Gasteiger partial charge >= 0.3 is 6.36 Å². The average molecular weight is 552 g/mol. The number of aliphatic hydroxyl groups is 1. The first-order valence-electron chi connectivity index (χ1n) is 10.7. The highest BCUT2D eigenvalue weighted by molar-refractivity contribution is 6.51. The predicted molar refractivity (Wildman–Crippen MR) is 132 cm³/mol. The van der Waals surface area contributed by atoms with E-state index >= 15 is 0 Å². The van der Waals surface area contributed by atoms with Gasteiger partial charge in [-0.2, -0.15) is 0 Å². The van der Waals surface area contributed by atoms with Crippen molar-refractivity contribution in [3.63, 3.8) is 0 Å². The SMILES string of the molecule is COc1c(Cl)cc(/C(O)=C2\C(=O)C(=O)N(c3cccc(OC(F)(F)F)c3)C2c2cccc(C)c2)cc1Cl. The number of rotatable bonds is 5. The van der Waals surface area contributed by atoms with E-state index in [4.69, 9.17) is 27.9 Å². The first kappa shape index (κ1) is 26.4. The predicted octanol–water partition coefficient (Wildman–Crippen LogP) is 6.84. The molecule has 3 aromatic rings. The van der Waals surface area contributed by atoms with Crippen molar-refractivity contribution >= 4 is 46.3 Å². The number of nitrogens with zero attached hydrogens (tertiary/aromatic N) is 1. The summed E-state index contributed by atoms with van der Waals surface area (Å²) in [5, 5.41) is 11.3. The third-order valence-electron chi connectivity index (χ3n) is 5.61. The van der Waals surface area contributed by atoms with Gasteiger partial charge in [0.05, 0.1) is 28.8 Å². The number of carbonyl (C=O) groups is 2. The molecule has 1 aliphatic rings. The van der Waals surface area contributed by atoms with Crippen molar-refractivity contribution in [1.29, 1.82) is 0 Å². The van der Waals surface area contributed by atoms with Gasteiger partial charge in [0.1, 0.15) is 11.5 Å². The molecule has 1 saturated heterocycles. The lowest BCUT2D eigenvalue weighted by Gasteiger charge is -2.26. The van der Waals surface area contributed by atoms with Gasteiger partial charge in [0.25, 0.3) is 11.7 Å². The van der Waals surface area contributed by atoms with Crippen LogP contribution in [-0.2, 0) is 9.59 Å². The first-order chi connectivity index (χ1) is 17.4. The van der Waals surface area contributed by atoms with Crippen LogP contribution in [0.5, 0.6) is 11.5 Å². The Morgan fingerprint density at radius 1 is 1.00 bits per heavy atom. The Balaban J connectivity index is 1.93. The zero-order valence-electron chi connectivity index (χ0n) is 19.3. The van der Waals surface area contributed by atoms with E-state index in [1.165, 1.54) is 31.4 Å². The number of methoxy groups -OCH3 is 1. The molecule has 3 aromatic carbocycles. The number of benzene rings is 3. The largest absolute Gasteiger partial charge is 0.573 e. The Hall–Kier alpha value is -3.69. The number of hydrogen-bond donors (Lipinski definition) is 1. The van der Waals surface area contributed by atoms with Gasteiger partial charge in [-0.05, 0) is 36.8 Å². The van der Waals surface area contributed by atoms with Gasteiger partial charge in [-0.25, -0.2) is 0 Å². The van der Waals surface area contributed by atoms with Crippen molar-refractivity contribution in [2.75, 3.05) is 12.0 Å². The highest BCUT2D eigenvalue weighted by Crippen LogP contribution is 2.44. The normalized spacial score (nSPS) is 17.3. The second-order valence-electron chi connectivity index (χ2n) is 8.10. The quantitative estimate of drug-likeness (QED) is 0.213. The summed E-state index contributed by atoms with van der Waals surface area (Å²) in [6.07, 6.45) is -4.96. The number of aliphatic hydroxyl groups excluding tert-OH is 1. The van der Waals surface area contributed by atoms with Crippen LogP contribution in [0.25, 0.3) is 5.76 Å². The lowest BCUT2D eigenvalue weighted by Crippen LogP contribution is -2.29. The highest BCUT2D eigenvalue weighted by Gasteiger charge is 2.47. The maximum absolute atomic E-state index is 13.3. The molecule has 0 spiro atoms. The topological polar surface area (TPSA) is 76.1 Å². The van der Waals surface area contributed by atoms with Crippen LogP contribution in [-0.4, -0.2) is 30.3 Å². The molecule has 0 saturated carbocycles. The summed E-state index contributed by atoms with van der Waals surface area (Å²) < 4.78 is 47.6. The molecule has 11 heteroatoms.